The minimum Gasteiger partial charge on any atom is -0.508 e. The third-order valence-corrected chi connectivity index (χ3v) is 7.01. The van der Waals surface area contributed by atoms with Crippen molar-refractivity contribution >= 4 is 14.8 Å². The van der Waals surface area contributed by atoms with Crippen LogP contribution in [0, 0.1) is 0 Å². The molecular formula is C21H36O7Si. The van der Waals surface area contributed by atoms with Crippen LogP contribution in [-0.4, -0.2) is 57.5 Å². The van der Waals surface area contributed by atoms with Gasteiger partial charge in [-0.1, -0.05) is 20.8 Å². The van der Waals surface area contributed by atoms with E-state index in [0.29, 0.717) is 44.3 Å². The van der Waals surface area contributed by atoms with Crippen LogP contribution < -0.4 is 0 Å². The lowest BCUT2D eigenvalue weighted by atomic mass is 10.2. The molecule has 0 heterocycles. The van der Waals surface area contributed by atoms with E-state index in [0.717, 1.165) is 19.3 Å². The monoisotopic (exact) mass is 428 g/mol. The van der Waals surface area contributed by atoms with Gasteiger partial charge in [0.1, 0.15) is 12.4 Å². The number of aliphatic hydroxyl groups excluding tert-OH is 1. The summed E-state index contributed by atoms with van der Waals surface area (Å²) in [4.78, 5) is 12.0. The lowest BCUT2D eigenvalue weighted by molar-refractivity contribution is 0.0224. The van der Waals surface area contributed by atoms with Gasteiger partial charge in [-0.05, 0) is 56.4 Å². The molecule has 166 valence electrons. The lowest BCUT2D eigenvalue weighted by Gasteiger charge is -2.30. The van der Waals surface area contributed by atoms with Crippen LogP contribution in [0.2, 0.25) is 6.04 Å². The Balaban J connectivity index is 2.49. The third-order valence-electron chi connectivity index (χ3n) is 4.11. The second-order valence-corrected chi connectivity index (χ2v) is 9.65. The van der Waals surface area contributed by atoms with Gasteiger partial charge in [0.05, 0.1) is 11.7 Å². The number of phenols is 1. The Bertz CT molecular complexity index is 543. The Morgan fingerprint density at radius 1 is 0.966 bits per heavy atom. The Labute approximate surface area is 175 Å². The molecule has 0 aliphatic rings. The van der Waals surface area contributed by atoms with Gasteiger partial charge in [-0.25, -0.2) is 4.79 Å². The number of aromatic hydroxyl groups is 1. The summed E-state index contributed by atoms with van der Waals surface area (Å²) in [6, 6.07) is 6.41. The second kappa shape index (κ2) is 14.5. The van der Waals surface area contributed by atoms with E-state index in [2.05, 4.69) is 0 Å². The first kappa shape index (κ1) is 25.6. The molecule has 1 rings (SSSR count). The van der Waals surface area contributed by atoms with Gasteiger partial charge in [0.15, 0.2) is 0 Å². The van der Waals surface area contributed by atoms with Gasteiger partial charge in [-0.15, -0.1) is 0 Å². The normalized spacial score (nSPS) is 12.7. The van der Waals surface area contributed by atoms with Crippen molar-refractivity contribution in [2.24, 2.45) is 0 Å². The number of benzene rings is 1. The van der Waals surface area contributed by atoms with E-state index in [1.54, 1.807) is 0 Å². The predicted molar refractivity (Wildman–Crippen MR) is 113 cm³/mol. The molecule has 1 atom stereocenters. The molecule has 1 aromatic carbocycles. The van der Waals surface area contributed by atoms with Crippen molar-refractivity contribution in [2.75, 3.05) is 26.4 Å². The summed E-state index contributed by atoms with van der Waals surface area (Å²) in [5.41, 5.74) is 0.329. The predicted octanol–water partition coefficient (Wildman–Crippen LogP) is 3.91. The highest BCUT2D eigenvalue weighted by Crippen LogP contribution is 2.21. The Kier molecular flexibility index (Phi) is 12.8. The first-order valence-electron chi connectivity index (χ1n) is 10.5. The van der Waals surface area contributed by atoms with E-state index in [4.69, 9.17) is 18.0 Å². The van der Waals surface area contributed by atoms with Gasteiger partial charge in [-0.3, -0.25) is 0 Å². The molecule has 7 nitrogen and oxygen atoms in total. The number of carbonyl (C=O) groups is 1. The number of hydrogen-bond acceptors (Lipinski definition) is 7. The van der Waals surface area contributed by atoms with Crippen LogP contribution in [0.1, 0.15) is 63.2 Å². The van der Waals surface area contributed by atoms with Gasteiger partial charge in [0.2, 0.25) is 0 Å². The van der Waals surface area contributed by atoms with Crippen molar-refractivity contribution in [1.82, 2.24) is 0 Å². The summed E-state index contributed by atoms with van der Waals surface area (Å²) in [6.07, 6.45) is 2.99. The molecule has 0 saturated heterocycles. The molecule has 29 heavy (non-hydrogen) atoms. The molecule has 0 amide bonds. The number of hydrogen-bond donors (Lipinski definition) is 2. The molecule has 2 N–H and O–H groups in total. The average molecular weight is 429 g/mol. The van der Waals surface area contributed by atoms with Crippen molar-refractivity contribution in [3.05, 3.63) is 29.8 Å². The van der Waals surface area contributed by atoms with Crippen LogP contribution in [0.4, 0.5) is 0 Å². The van der Waals surface area contributed by atoms with Crippen LogP contribution in [0.5, 0.6) is 5.75 Å². The largest absolute Gasteiger partial charge is 0.508 e. The Morgan fingerprint density at radius 3 is 1.97 bits per heavy atom. The van der Waals surface area contributed by atoms with Gasteiger partial charge >= 0.3 is 14.8 Å². The molecule has 0 spiro atoms. The highest BCUT2D eigenvalue weighted by atomic mass is 28.4. The molecule has 0 aliphatic carbocycles. The van der Waals surface area contributed by atoms with E-state index >= 15 is 0 Å². The summed E-state index contributed by atoms with van der Waals surface area (Å²) < 4.78 is 23.3. The third kappa shape index (κ3) is 10.2. The Hall–Kier alpha value is -1.45. The van der Waals surface area contributed by atoms with E-state index in [-0.39, 0.29) is 12.4 Å². The molecule has 0 fully saturated rings. The van der Waals surface area contributed by atoms with Crippen LogP contribution in [0.3, 0.4) is 0 Å². The standard InChI is InChI=1S/C21H36O7Si/c1-4-13-26-29(27-14-5-2,28-15-6-3)16-7-8-20(23)17-25-21(24)18-9-11-19(22)12-10-18/h9-12,20,22-23H,4-8,13-17H2,1-3H3. The minimum absolute atomic E-state index is 0.0788. The first-order chi connectivity index (χ1) is 14.0. The smallest absolute Gasteiger partial charge is 0.500 e. The minimum atomic E-state index is -2.77. The van der Waals surface area contributed by atoms with Crippen molar-refractivity contribution < 1.29 is 33.0 Å². The molecule has 1 unspecified atom stereocenters. The zero-order valence-electron chi connectivity index (χ0n) is 17.9. The maximum Gasteiger partial charge on any atom is 0.500 e. The molecule has 0 bridgehead atoms. The number of carbonyl (C=O) groups excluding carboxylic acids is 1. The van der Waals surface area contributed by atoms with Crippen molar-refractivity contribution in [2.45, 2.75) is 65.0 Å². The molecule has 1 aromatic rings. The second-order valence-electron chi connectivity index (χ2n) is 6.92. The van der Waals surface area contributed by atoms with E-state index in [1.807, 2.05) is 20.8 Å². The Morgan fingerprint density at radius 2 is 1.48 bits per heavy atom. The highest BCUT2D eigenvalue weighted by molar-refractivity contribution is 6.60. The summed E-state index contributed by atoms with van der Waals surface area (Å²) in [7, 11) is -2.77. The number of phenolic OH excluding ortho intramolecular Hbond substituents is 1. The van der Waals surface area contributed by atoms with Crippen LogP contribution in [0.25, 0.3) is 0 Å². The molecule has 0 saturated carbocycles. The zero-order chi connectivity index (χ0) is 21.5. The zero-order valence-corrected chi connectivity index (χ0v) is 18.9. The van der Waals surface area contributed by atoms with Gasteiger partial charge in [-0.2, -0.15) is 0 Å². The SMILES string of the molecule is CCCO[Si](CCCC(O)COC(=O)c1ccc(O)cc1)(OCCC)OCCC. The molecule has 0 aliphatic heterocycles. The topological polar surface area (TPSA) is 94.5 Å². The van der Waals surface area contributed by atoms with Crippen LogP contribution in [-0.2, 0) is 18.0 Å². The summed E-state index contributed by atoms with van der Waals surface area (Å²) in [5.74, 6) is -0.452. The van der Waals surface area contributed by atoms with Crippen molar-refractivity contribution in [3.8, 4) is 5.75 Å². The summed E-state index contributed by atoms with van der Waals surface area (Å²) >= 11 is 0. The van der Waals surface area contributed by atoms with Crippen molar-refractivity contribution in [3.63, 3.8) is 0 Å². The maximum atomic E-state index is 12.0. The number of rotatable bonds is 16. The van der Waals surface area contributed by atoms with Gasteiger partial charge < -0.3 is 28.2 Å². The lowest BCUT2D eigenvalue weighted by Crippen LogP contribution is -2.46. The van der Waals surface area contributed by atoms with Gasteiger partial charge in [0, 0.05) is 25.9 Å². The van der Waals surface area contributed by atoms with E-state index in [1.165, 1.54) is 24.3 Å². The first-order valence-corrected chi connectivity index (χ1v) is 12.5. The molecule has 0 radical (unpaired) electrons. The maximum absolute atomic E-state index is 12.0. The van der Waals surface area contributed by atoms with Crippen LogP contribution >= 0.6 is 0 Å². The van der Waals surface area contributed by atoms with Crippen molar-refractivity contribution in [1.29, 1.82) is 0 Å². The number of ether oxygens (including phenoxy) is 1. The number of esters is 1. The van der Waals surface area contributed by atoms with E-state index in [9.17, 15) is 15.0 Å². The van der Waals surface area contributed by atoms with E-state index < -0.39 is 20.9 Å². The summed E-state index contributed by atoms with van der Waals surface area (Å²) in [6.45, 7) is 7.82. The van der Waals surface area contributed by atoms with Gasteiger partial charge in [0.25, 0.3) is 0 Å². The highest BCUT2D eigenvalue weighted by Gasteiger charge is 2.40. The molecule has 0 aromatic heterocycles. The van der Waals surface area contributed by atoms with Crippen LogP contribution in [0.15, 0.2) is 24.3 Å². The molecular weight excluding hydrogens is 392 g/mol. The fourth-order valence-electron chi connectivity index (χ4n) is 2.60. The number of aliphatic hydroxyl groups is 1. The average Bonchev–Trinajstić information content (AvgIpc) is 2.73. The fraction of sp³-hybridized carbons (Fsp3) is 0.667. The molecule has 8 heteroatoms. The quantitative estimate of drug-likeness (QED) is 0.304. The fourth-order valence-corrected chi connectivity index (χ4v) is 5.47. The summed E-state index contributed by atoms with van der Waals surface area (Å²) in [5, 5.41) is 19.5.